The number of esters is 2. The van der Waals surface area contributed by atoms with E-state index in [9.17, 15) is 24.1 Å². The fraction of sp³-hybridized carbons (Fsp3) is 0.607. The minimum absolute atomic E-state index is 0.0687. The van der Waals surface area contributed by atoms with Gasteiger partial charge in [0.25, 0.3) is 13.0 Å². The number of ether oxygens (including phenoxy) is 3. The Balaban J connectivity index is 1.47. The van der Waals surface area contributed by atoms with Crippen LogP contribution in [0.5, 0.6) is 0 Å². The van der Waals surface area contributed by atoms with Crippen molar-refractivity contribution in [1.82, 2.24) is 20.0 Å². The molecular formula is C28H40N7O8P. The van der Waals surface area contributed by atoms with Crippen LogP contribution in [0.25, 0.3) is 11.0 Å². The Kier molecular flexibility index (Phi) is 11.4. The highest BCUT2D eigenvalue weighted by Gasteiger charge is 2.42. The molecule has 0 aliphatic carbocycles. The predicted octanol–water partition coefficient (Wildman–Crippen LogP) is 2.72. The van der Waals surface area contributed by atoms with E-state index in [0.717, 1.165) is 12.8 Å². The van der Waals surface area contributed by atoms with Gasteiger partial charge in [-0.2, -0.15) is 4.98 Å². The molecule has 44 heavy (non-hydrogen) atoms. The van der Waals surface area contributed by atoms with Crippen LogP contribution in [0.4, 0.5) is 11.5 Å². The molecule has 1 fully saturated rings. The van der Waals surface area contributed by atoms with Gasteiger partial charge in [0, 0.05) is 18.6 Å². The quantitative estimate of drug-likeness (QED) is 0.112. The van der Waals surface area contributed by atoms with Crippen molar-refractivity contribution in [2.24, 2.45) is 4.76 Å². The number of nitrogens with zero attached hydrogens (tertiary/aromatic N) is 5. The molecule has 0 aromatic carbocycles. The van der Waals surface area contributed by atoms with Gasteiger partial charge in [0.1, 0.15) is 24.2 Å². The summed E-state index contributed by atoms with van der Waals surface area (Å²) in [7, 11) is -3.74. The van der Waals surface area contributed by atoms with Crippen molar-refractivity contribution in [3.05, 3.63) is 28.8 Å². The van der Waals surface area contributed by atoms with Crippen molar-refractivity contribution in [3.63, 3.8) is 0 Å². The summed E-state index contributed by atoms with van der Waals surface area (Å²) in [6.07, 6.45) is 2.30. The zero-order chi connectivity index (χ0) is 31.9. The highest BCUT2D eigenvalue weighted by atomic mass is 31.2. The van der Waals surface area contributed by atoms with Gasteiger partial charge in [-0.05, 0) is 39.2 Å². The Morgan fingerprint density at radius 2 is 1.95 bits per heavy atom. The largest absolute Gasteiger partial charge is 0.465 e. The molecule has 2 aliphatic heterocycles. The molecule has 16 heteroatoms. The van der Waals surface area contributed by atoms with Crippen LogP contribution in [0.3, 0.4) is 0 Å². The molecule has 2 aromatic heterocycles. The van der Waals surface area contributed by atoms with E-state index < -0.39 is 49.4 Å². The maximum absolute atomic E-state index is 14.1. The first-order chi connectivity index (χ1) is 21.0. The molecule has 4 heterocycles. The summed E-state index contributed by atoms with van der Waals surface area (Å²) < 4.78 is 35.0. The third-order valence-corrected chi connectivity index (χ3v) is 9.44. The maximum Gasteiger partial charge on any atom is 0.352 e. The van der Waals surface area contributed by atoms with Crippen molar-refractivity contribution < 1.29 is 33.5 Å². The van der Waals surface area contributed by atoms with E-state index in [1.54, 1.807) is 11.1 Å². The average molecular weight is 634 g/mol. The van der Waals surface area contributed by atoms with E-state index in [0.29, 0.717) is 29.7 Å². The van der Waals surface area contributed by atoms with Crippen LogP contribution in [-0.4, -0.2) is 81.6 Å². The molecule has 1 saturated heterocycles. The van der Waals surface area contributed by atoms with Crippen molar-refractivity contribution in [3.8, 4) is 0 Å². The van der Waals surface area contributed by atoms with E-state index in [1.165, 1.54) is 26.2 Å². The molecule has 0 saturated carbocycles. The van der Waals surface area contributed by atoms with E-state index >= 15 is 0 Å². The van der Waals surface area contributed by atoms with Gasteiger partial charge in [0.2, 0.25) is 0 Å². The second kappa shape index (κ2) is 15.0. The van der Waals surface area contributed by atoms with E-state index in [4.69, 9.17) is 14.2 Å². The number of carbonyl (C=O) groups is 2. The number of anilines is 2. The van der Waals surface area contributed by atoms with Crippen LogP contribution in [0.1, 0.15) is 66.2 Å². The Morgan fingerprint density at radius 3 is 2.68 bits per heavy atom. The summed E-state index contributed by atoms with van der Waals surface area (Å²) in [5, 5.41) is 15.8. The van der Waals surface area contributed by atoms with Gasteiger partial charge in [-0.15, -0.1) is 0 Å². The number of rotatable bonds is 15. The maximum atomic E-state index is 14.1. The molecule has 5 atom stereocenters. The summed E-state index contributed by atoms with van der Waals surface area (Å²) >= 11 is 0. The predicted molar refractivity (Wildman–Crippen MR) is 164 cm³/mol. The summed E-state index contributed by atoms with van der Waals surface area (Å²) in [6.45, 7) is 7.35. The second-order valence-corrected chi connectivity index (χ2v) is 13.1. The Labute approximate surface area is 255 Å². The first-order valence-electron chi connectivity index (χ1n) is 14.9. The van der Waals surface area contributed by atoms with Crippen LogP contribution < -0.4 is 21.1 Å². The van der Waals surface area contributed by atoms with E-state index in [-0.39, 0.29) is 43.6 Å². The first kappa shape index (κ1) is 33.4. The lowest BCUT2D eigenvalue weighted by molar-refractivity contribution is -0.145. The summed E-state index contributed by atoms with van der Waals surface area (Å²) in [6, 6.07) is 1.91. The van der Waals surface area contributed by atoms with Crippen LogP contribution >= 0.6 is 7.44 Å². The van der Waals surface area contributed by atoms with Gasteiger partial charge in [-0.25, -0.2) is 29.6 Å². The molecule has 3 N–H and O–H groups in total. The van der Waals surface area contributed by atoms with Crippen LogP contribution in [0.2, 0.25) is 0 Å². The Hall–Kier alpha value is -3.52. The van der Waals surface area contributed by atoms with Gasteiger partial charge in [-0.1, -0.05) is 26.7 Å². The summed E-state index contributed by atoms with van der Waals surface area (Å²) in [5.74, 6) is -0.871. The number of hydrogen-bond donors (Lipinski definition) is 3. The molecular weight excluding hydrogens is 593 g/mol. The Bertz CT molecular complexity index is 1490. The highest BCUT2D eigenvalue weighted by molar-refractivity contribution is 7.60. The number of unbranched alkanes of at least 4 members (excludes halogenated alkanes) is 2. The average Bonchev–Trinajstić information content (AvgIpc) is 3.49. The van der Waals surface area contributed by atoms with Crippen LogP contribution in [0.15, 0.2) is 28.0 Å². The zero-order valence-corrected chi connectivity index (χ0v) is 26.3. The monoisotopic (exact) mass is 633 g/mol. The summed E-state index contributed by atoms with van der Waals surface area (Å²) in [4.78, 5) is 49.3. The lowest BCUT2D eigenvalue weighted by Gasteiger charge is -2.28. The second-order valence-electron chi connectivity index (χ2n) is 10.8. The van der Waals surface area contributed by atoms with Gasteiger partial charge >= 0.3 is 11.9 Å². The van der Waals surface area contributed by atoms with Crippen LogP contribution in [0, 0.1) is 0 Å². The third kappa shape index (κ3) is 8.14. The smallest absolute Gasteiger partial charge is 0.352 e. The summed E-state index contributed by atoms with van der Waals surface area (Å²) in [5.41, 5.74) is 3.32. The molecule has 4 rings (SSSR count). The number of aliphatic hydroxyl groups is 1. The molecule has 2 aromatic rings. The fourth-order valence-electron chi connectivity index (χ4n) is 4.82. The minimum Gasteiger partial charge on any atom is -0.465 e. The molecule has 1 unspecified atom stereocenters. The minimum atomic E-state index is -3.74. The number of nitrogens with one attached hydrogen (secondary N) is 2. The molecule has 2 aliphatic rings. The molecule has 0 radical (unpaired) electrons. The number of hydrazine groups is 1. The lowest BCUT2D eigenvalue weighted by atomic mass is 10.1. The van der Waals surface area contributed by atoms with Gasteiger partial charge in [0.15, 0.2) is 17.7 Å². The standard InChI is InChI=1S/C28H40N7O8P/c1-5-7-12-41-27(38)17(3)33-44(40,34-18(4)28(39)42-13-8-6-2)14-11-19-15-21(36)26(43-19)35-25-23-20(32-35)9-10-22(37)31-24(23)29-16-30-25/h9-10,16-17,19,21,26,32,36H,5-8,11-15H2,1-4H3,(H,33,40)/t17-,19+,21+,26+,44?/m0/s1. The Morgan fingerprint density at radius 1 is 1.23 bits per heavy atom. The topological polar surface area (TPSA) is 195 Å². The van der Waals surface area contributed by atoms with E-state index in [2.05, 4.69) is 30.2 Å². The normalized spacial score (nSPS) is 21.5. The molecule has 240 valence electrons. The first-order valence-corrected chi connectivity index (χ1v) is 16.7. The number of aromatic nitrogens is 3. The van der Waals surface area contributed by atoms with Crippen molar-refractivity contribution in [2.45, 2.75) is 90.7 Å². The molecule has 0 amide bonds. The zero-order valence-electron chi connectivity index (χ0n) is 25.4. The number of aliphatic hydroxyl groups excluding tert-OH is 1. The molecule has 0 spiro atoms. The van der Waals surface area contributed by atoms with Gasteiger partial charge < -0.3 is 19.3 Å². The van der Waals surface area contributed by atoms with Crippen LogP contribution in [-0.2, 0) is 28.4 Å². The highest BCUT2D eigenvalue weighted by Crippen LogP contribution is 2.46. The van der Waals surface area contributed by atoms with Gasteiger partial charge in [0.05, 0.1) is 30.4 Å². The van der Waals surface area contributed by atoms with Gasteiger partial charge in [-0.3, -0.25) is 19.6 Å². The van der Waals surface area contributed by atoms with Crippen molar-refractivity contribution >= 4 is 47.6 Å². The fourth-order valence-corrected chi connectivity index (χ4v) is 7.02. The number of carbonyl (C=O) groups excluding carboxylic acids is 2. The lowest BCUT2D eigenvalue weighted by Crippen LogP contribution is -2.44. The van der Waals surface area contributed by atoms with E-state index in [1.807, 2.05) is 13.8 Å². The van der Waals surface area contributed by atoms with Crippen molar-refractivity contribution in [2.75, 3.05) is 29.8 Å². The third-order valence-electron chi connectivity index (χ3n) is 7.16. The van der Waals surface area contributed by atoms with Crippen molar-refractivity contribution in [1.29, 1.82) is 0 Å². The number of hydrogen-bond acceptors (Lipinski definition) is 13. The molecule has 15 nitrogen and oxygen atoms in total. The molecule has 0 bridgehead atoms. The SMILES string of the molecule is CCCCOC(=O)C(C)=NP(=O)(CC[C@@H]1C[C@@H](O)[C@H](N2Nc3ccc(=O)nc4ncnc2c34)O1)N[C@@H](C)C(=O)OCCCC.